The number of ether oxygens (including phenoxy) is 1. The van der Waals surface area contributed by atoms with Crippen LogP contribution in [0.4, 0.5) is 4.79 Å². The number of benzene rings is 2. The number of hydrogen-bond donors (Lipinski definition) is 3. The molecular formula is C18H13NO6S. The molecule has 1 aliphatic heterocycles. The van der Waals surface area contributed by atoms with Gasteiger partial charge in [-0.05, 0) is 53.2 Å². The normalized spacial score (nSPS) is 15.2. The van der Waals surface area contributed by atoms with Crippen LogP contribution in [0.1, 0.15) is 15.9 Å². The minimum absolute atomic E-state index is 0.232. The van der Waals surface area contributed by atoms with Crippen LogP contribution in [0, 0.1) is 0 Å². The van der Waals surface area contributed by atoms with E-state index in [0.29, 0.717) is 22.4 Å². The first-order valence-corrected chi connectivity index (χ1v) is 8.20. The number of amides is 2. The number of carbonyl (C=O) groups is 3. The fourth-order valence-corrected chi connectivity index (χ4v) is 3.17. The number of carboxylic acid groups (broad SMARTS) is 1. The van der Waals surface area contributed by atoms with Crippen molar-refractivity contribution >= 4 is 35.0 Å². The van der Waals surface area contributed by atoms with Crippen LogP contribution in [-0.2, 0) is 4.79 Å². The fourth-order valence-electron chi connectivity index (χ4n) is 2.49. The van der Waals surface area contributed by atoms with Crippen LogP contribution in [-0.4, -0.2) is 34.4 Å². The van der Waals surface area contributed by atoms with Crippen LogP contribution >= 0.6 is 11.8 Å². The zero-order valence-corrected chi connectivity index (χ0v) is 14.3. The number of aromatic hydroxyl groups is 1. The van der Waals surface area contributed by atoms with Crippen molar-refractivity contribution in [2.45, 2.75) is 0 Å². The van der Waals surface area contributed by atoms with Crippen LogP contribution in [0.3, 0.4) is 0 Å². The van der Waals surface area contributed by atoms with E-state index in [2.05, 4.69) is 5.32 Å². The Morgan fingerprint density at radius 3 is 2.58 bits per heavy atom. The SMILES string of the molecule is COc1ccc(/C=C2\SC(=O)NC2=O)cc1-c1ccc(O)c(C(=O)O)c1. The van der Waals surface area contributed by atoms with Crippen LogP contribution in [0.15, 0.2) is 41.3 Å². The Bertz CT molecular complexity index is 966. The molecule has 8 heteroatoms. The number of phenols is 1. The molecule has 1 fully saturated rings. The van der Waals surface area contributed by atoms with Crippen molar-refractivity contribution in [1.29, 1.82) is 0 Å². The lowest BCUT2D eigenvalue weighted by Crippen LogP contribution is -2.17. The molecule has 3 N–H and O–H groups in total. The van der Waals surface area contributed by atoms with E-state index >= 15 is 0 Å². The molecule has 2 aromatic carbocycles. The fraction of sp³-hybridized carbons (Fsp3) is 0.0556. The van der Waals surface area contributed by atoms with E-state index in [0.717, 1.165) is 11.8 Å². The van der Waals surface area contributed by atoms with Crippen molar-refractivity contribution in [1.82, 2.24) is 5.32 Å². The zero-order valence-electron chi connectivity index (χ0n) is 13.5. The molecular weight excluding hydrogens is 358 g/mol. The van der Waals surface area contributed by atoms with Gasteiger partial charge in [-0.3, -0.25) is 14.9 Å². The van der Waals surface area contributed by atoms with Gasteiger partial charge in [0.1, 0.15) is 17.1 Å². The highest BCUT2D eigenvalue weighted by atomic mass is 32.2. The summed E-state index contributed by atoms with van der Waals surface area (Å²) in [6, 6.07) is 9.30. The molecule has 1 heterocycles. The van der Waals surface area contributed by atoms with E-state index in [9.17, 15) is 24.6 Å². The maximum absolute atomic E-state index is 11.7. The number of methoxy groups -OCH3 is 1. The predicted octanol–water partition coefficient (Wildman–Crippen LogP) is 3.09. The molecule has 2 amide bonds. The van der Waals surface area contributed by atoms with E-state index in [-0.39, 0.29) is 16.2 Å². The lowest BCUT2D eigenvalue weighted by molar-refractivity contribution is -0.115. The van der Waals surface area contributed by atoms with E-state index < -0.39 is 17.1 Å². The molecule has 26 heavy (non-hydrogen) atoms. The van der Waals surface area contributed by atoms with Gasteiger partial charge in [-0.1, -0.05) is 12.1 Å². The predicted molar refractivity (Wildman–Crippen MR) is 96.2 cm³/mol. The molecule has 0 aromatic heterocycles. The molecule has 0 radical (unpaired) electrons. The van der Waals surface area contributed by atoms with Gasteiger partial charge in [-0.15, -0.1) is 0 Å². The first-order valence-electron chi connectivity index (χ1n) is 7.38. The minimum Gasteiger partial charge on any atom is -0.507 e. The van der Waals surface area contributed by atoms with Crippen LogP contribution in [0.25, 0.3) is 17.2 Å². The summed E-state index contributed by atoms with van der Waals surface area (Å²) in [6.45, 7) is 0. The summed E-state index contributed by atoms with van der Waals surface area (Å²) in [5, 5.41) is 20.6. The monoisotopic (exact) mass is 371 g/mol. The third kappa shape index (κ3) is 3.40. The Hall–Kier alpha value is -3.26. The number of imide groups is 1. The molecule has 3 rings (SSSR count). The van der Waals surface area contributed by atoms with Gasteiger partial charge in [0.25, 0.3) is 11.1 Å². The molecule has 0 saturated carbocycles. The summed E-state index contributed by atoms with van der Waals surface area (Å²) < 4.78 is 5.32. The Morgan fingerprint density at radius 2 is 1.96 bits per heavy atom. The second-order valence-corrected chi connectivity index (χ2v) is 6.36. The molecule has 132 valence electrons. The number of carboxylic acids is 1. The third-order valence-electron chi connectivity index (χ3n) is 3.70. The summed E-state index contributed by atoms with van der Waals surface area (Å²) in [7, 11) is 1.48. The minimum atomic E-state index is -1.25. The first-order chi connectivity index (χ1) is 12.4. The number of rotatable bonds is 4. The van der Waals surface area contributed by atoms with Gasteiger partial charge >= 0.3 is 5.97 Å². The highest BCUT2D eigenvalue weighted by Crippen LogP contribution is 2.35. The topological polar surface area (TPSA) is 113 Å². The standard InChI is InChI=1S/C18H13NO6S/c1-25-14-5-2-9(7-15-16(21)19-18(24)26-15)6-11(14)10-3-4-13(20)12(8-10)17(22)23/h2-8,20H,1H3,(H,22,23)(H,19,21,24)/b15-7-. The van der Waals surface area contributed by atoms with Gasteiger partial charge in [-0.2, -0.15) is 0 Å². The molecule has 0 spiro atoms. The van der Waals surface area contributed by atoms with Crippen LogP contribution in [0.2, 0.25) is 0 Å². The molecule has 0 bridgehead atoms. The quantitative estimate of drug-likeness (QED) is 0.708. The molecule has 0 atom stereocenters. The number of nitrogens with one attached hydrogen (secondary N) is 1. The van der Waals surface area contributed by atoms with E-state index in [1.807, 2.05) is 0 Å². The van der Waals surface area contributed by atoms with Crippen molar-refractivity contribution < 1.29 is 29.3 Å². The van der Waals surface area contributed by atoms with Crippen LogP contribution in [0.5, 0.6) is 11.5 Å². The van der Waals surface area contributed by atoms with E-state index in [4.69, 9.17) is 4.74 Å². The van der Waals surface area contributed by atoms with Crippen LogP contribution < -0.4 is 10.1 Å². The summed E-state index contributed by atoms with van der Waals surface area (Å²) in [6.07, 6.45) is 1.56. The van der Waals surface area contributed by atoms with Gasteiger partial charge in [0.2, 0.25) is 0 Å². The maximum atomic E-state index is 11.7. The summed E-state index contributed by atoms with van der Waals surface area (Å²) >= 11 is 0.808. The maximum Gasteiger partial charge on any atom is 0.339 e. The van der Waals surface area contributed by atoms with Crippen molar-refractivity contribution in [3.8, 4) is 22.6 Å². The highest BCUT2D eigenvalue weighted by molar-refractivity contribution is 8.18. The van der Waals surface area contributed by atoms with Gasteiger partial charge in [0.15, 0.2) is 0 Å². The second-order valence-electron chi connectivity index (χ2n) is 5.35. The smallest absolute Gasteiger partial charge is 0.339 e. The van der Waals surface area contributed by atoms with Gasteiger partial charge in [0, 0.05) is 5.56 Å². The number of hydrogen-bond acceptors (Lipinski definition) is 6. The Labute approximate surface area is 152 Å². The second kappa shape index (κ2) is 6.93. The van der Waals surface area contributed by atoms with Gasteiger partial charge in [0.05, 0.1) is 12.0 Å². The van der Waals surface area contributed by atoms with Gasteiger partial charge < -0.3 is 14.9 Å². The van der Waals surface area contributed by atoms with Crippen molar-refractivity contribution in [2.75, 3.05) is 7.11 Å². The number of aromatic carboxylic acids is 1. The molecule has 1 aliphatic rings. The van der Waals surface area contributed by atoms with E-state index in [1.54, 1.807) is 30.3 Å². The molecule has 0 aliphatic carbocycles. The summed E-state index contributed by atoms with van der Waals surface area (Å²) in [5.74, 6) is -1.56. The molecule has 0 unspecified atom stereocenters. The van der Waals surface area contributed by atoms with Crippen molar-refractivity contribution in [3.05, 3.63) is 52.4 Å². The molecule has 7 nitrogen and oxygen atoms in total. The number of thioether (sulfide) groups is 1. The number of carbonyl (C=O) groups excluding carboxylic acids is 2. The average Bonchev–Trinajstić information content (AvgIpc) is 2.92. The Morgan fingerprint density at radius 1 is 1.19 bits per heavy atom. The average molecular weight is 371 g/mol. The highest BCUT2D eigenvalue weighted by Gasteiger charge is 2.25. The Kier molecular flexibility index (Phi) is 4.68. The van der Waals surface area contributed by atoms with E-state index in [1.165, 1.54) is 19.2 Å². The molecule has 2 aromatic rings. The van der Waals surface area contributed by atoms with Crippen molar-refractivity contribution in [2.24, 2.45) is 0 Å². The Balaban J connectivity index is 2.08. The lowest BCUT2D eigenvalue weighted by atomic mass is 9.99. The van der Waals surface area contributed by atoms with Gasteiger partial charge in [-0.25, -0.2) is 4.79 Å². The molecule has 1 saturated heterocycles. The first kappa shape index (κ1) is 17.6. The lowest BCUT2D eigenvalue weighted by Gasteiger charge is -2.11. The van der Waals surface area contributed by atoms with Crippen molar-refractivity contribution in [3.63, 3.8) is 0 Å². The third-order valence-corrected chi connectivity index (χ3v) is 4.51. The largest absolute Gasteiger partial charge is 0.507 e. The summed E-state index contributed by atoms with van der Waals surface area (Å²) in [4.78, 5) is 34.5. The zero-order chi connectivity index (χ0) is 18.8. The summed E-state index contributed by atoms with van der Waals surface area (Å²) in [5.41, 5.74) is 1.51.